The predicted molar refractivity (Wildman–Crippen MR) is 131 cm³/mol. The van der Waals surface area contributed by atoms with Crippen molar-refractivity contribution < 1.29 is 22.4 Å². The summed E-state index contributed by atoms with van der Waals surface area (Å²) in [5.74, 6) is -1.37. The van der Waals surface area contributed by atoms with E-state index in [2.05, 4.69) is 21.2 Å². The molecule has 0 aliphatic rings. The number of hydrogen-bond donors (Lipinski definition) is 1. The maximum Gasteiger partial charge on any atom is 0.244 e. The lowest BCUT2D eigenvalue weighted by molar-refractivity contribution is -0.140. The highest BCUT2D eigenvalue weighted by Crippen LogP contribution is 2.22. The quantitative estimate of drug-likeness (QED) is 0.552. The molecule has 0 saturated carbocycles. The van der Waals surface area contributed by atoms with Crippen LogP contribution in [0.5, 0.6) is 0 Å². The van der Waals surface area contributed by atoms with Crippen molar-refractivity contribution in [2.75, 3.05) is 17.1 Å². The van der Waals surface area contributed by atoms with Gasteiger partial charge in [-0.15, -0.1) is 0 Å². The normalized spacial score (nSPS) is 12.7. The van der Waals surface area contributed by atoms with E-state index in [-0.39, 0.29) is 12.5 Å². The lowest BCUT2D eigenvalue weighted by Gasteiger charge is -2.33. The molecule has 2 rings (SSSR count). The van der Waals surface area contributed by atoms with Gasteiger partial charge in [0.15, 0.2) is 0 Å². The van der Waals surface area contributed by atoms with Crippen molar-refractivity contribution in [2.24, 2.45) is 0 Å². The summed E-state index contributed by atoms with van der Waals surface area (Å²) in [6.07, 6.45) is 1.02. The second kappa shape index (κ2) is 10.6. The molecule has 0 saturated heterocycles. The number of benzene rings is 2. The second-order valence-corrected chi connectivity index (χ2v) is 11.6. The van der Waals surface area contributed by atoms with E-state index in [1.807, 2.05) is 20.8 Å². The Kier molecular flexibility index (Phi) is 8.64. The molecular formula is C23H29BrFN3O4S. The topological polar surface area (TPSA) is 86.8 Å². The highest BCUT2D eigenvalue weighted by Gasteiger charge is 2.31. The van der Waals surface area contributed by atoms with Gasteiger partial charge in [0.1, 0.15) is 18.4 Å². The maximum atomic E-state index is 13.4. The molecule has 2 aromatic carbocycles. The van der Waals surface area contributed by atoms with Crippen LogP contribution in [0.1, 0.15) is 33.3 Å². The minimum absolute atomic E-state index is 0.00970. The first-order valence-corrected chi connectivity index (χ1v) is 12.9. The van der Waals surface area contributed by atoms with Gasteiger partial charge in [-0.2, -0.15) is 0 Å². The first-order valence-electron chi connectivity index (χ1n) is 10.3. The molecular weight excluding hydrogens is 513 g/mol. The molecule has 0 unspecified atom stereocenters. The third-order valence-electron chi connectivity index (χ3n) is 4.73. The van der Waals surface area contributed by atoms with Crippen LogP contribution in [-0.4, -0.2) is 49.5 Å². The highest BCUT2D eigenvalue weighted by atomic mass is 79.9. The molecule has 0 fully saturated rings. The zero-order chi connectivity index (χ0) is 25.0. The molecule has 2 aromatic rings. The number of nitrogens with zero attached hydrogens (tertiary/aromatic N) is 2. The van der Waals surface area contributed by atoms with Crippen LogP contribution in [0.2, 0.25) is 0 Å². The molecule has 0 heterocycles. The van der Waals surface area contributed by atoms with Crippen LogP contribution in [0.3, 0.4) is 0 Å². The molecule has 2 amide bonds. The van der Waals surface area contributed by atoms with E-state index >= 15 is 0 Å². The van der Waals surface area contributed by atoms with E-state index in [9.17, 15) is 22.4 Å². The molecule has 33 heavy (non-hydrogen) atoms. The Bertz CT molecular complexity index is 1080. The number of hydrogen-bond acceptors (Lipinski definition) is 4. The Hall–Kier alpha value is -2.46. The van der Waals surface area contributed by atoms with E-state index in [0.29, 0.717) is 11.3 Å². The van der Waals surface area contributed by atoms with Gasteiger partial charge in [-0.1, -0.05) is 28.1 Å². The molecule has 0 radical (unpaired) electrons. The van der Waals surface area contributed by atoms with E-state index < -0.39 is 39.9 Å². The molecule has 0 bridgehead atoms. The fourth-order valence-electron chi connectivity index (χ4n) is 3.06. The summed E-state index contributed by atoms with van der Waals surface area (Å²) in [7, 11) is -3.79. The minimum atomic E-state index is -3.79. The van der Waals surface area contributed by atoms with Crippen LogP contribution >= 0.6 is 15.9 Å². The van der Waals surface area contributed by atoms with Crippen molar-refractivity contribution in [3.63, 3.8) is 0 Å². The number of carbonyl (C=O) groups is 2. The van der Waals surface area contributed by atoms with Gasteiger partial charge < -0.3 is 10.2 Å². The summed E-state index contributed by atoms with van der Waals surface area (Å²) in [4.78, 5) is 27.5. The summed E-state index contributed by atoms with van der Waals surface area (Å²) in [5.41, 5.74) is 0.406. The van der Waals surface area contributed by atoms with Crippen LogP contribution < -0.4 is 9.62 Å². The van der Waals surface area contributed by atoms with Gasteiger partial charge in [0.25, 0.3) is 0 Å². The van der Waals surface area contributed by atoms with Crippen molar-refractivity contribution in [2.45, 2.75) is 45.8 Å². The molecule has 1 N–H and O–H groups in total. The Labute approximate surface area is 203 Å². The highest BCUT2D eigenvalue weighted by molar-refractivity contribution is 9.10. The van der Waals surface area contributed by atoms with E-state index in [1.54, 1.807) is 31.2 Å². The summed E-state index contributed by atoms with van der Waals surface area (Å²) >= 11 is 3.31. The Morgan fingerprint density at radius 3 is 2.09 bits per heavy atom. The van der Waals surface area contributed by atoms with Crippen molar-refractivity contribution in [3.05, 3.63) is 64.4 Å². The minimum Gasteiger partial charge on any atom is -0.350 e. The Morgan fingerprint density at radius 2 is 1.61 bits per heavy atom. The lowest BCUT2D eigenvalue weighted by Crippen LogP contribution is -2.54. The number of rotatable bonds is 8. The first-order chi connectivity index (χ1) is 15.2. The summed E-state index contributed by atoms with van der Waals surface area (Å²) in [6.45, 7) is 6.56. The number of anilines is 1. The summed E-state index contributed by atoms with van der Waals surface area (Å²) in [5, 5.41) is 2.84. The zero-order valence-electron chi connectivity index (χ0n) is 19.3. The van der Waals surface area contributed by atoms with Crippen LogP contribution in [0.4, 0.5) is 10.1 Å². The maximum absolute atomic E-state index is 13.4. The number of halogens is 2. The van der Waals surface area contributed by atoms with Gasteiger partial charge in [-0.05, 0) is 69.7 Å². The van der Waals surface area contributed by atoms with Crippen LogP contribution in [0, 0.1) is 5.82 Å². The standard InChI is InChI=1S/C23H29BrFN3O4S/c1-16(22(30)26-23(2,3)4)27(14-17-6-10-19(25)11-7-17)21(29)15-28(33(5,31)32)20-12-8-18(24)9-13-20/h6-13,16H,14-15H2,1-5H3,(H,26,30)/t16-/m0/s1. The van der Waals surface area contributed by atoms with Crippen molar-refractivity contribution in [1.82, 2.24) is 10.2 Å². The molecule has 1 atom stereocenters. The fourth-order valence-corrected chi connectivity index (χ4v) is 4.18. The monoisotopic (exact) mass is 541 g/mol. The van der Waals surface area contributed by atoms with Gasteiger partial charge in [0.05, 0.1) is 11.9 Å². The van der Waals surface area contributed by atoms with Crippen LogP contribution in [0.15, 0.2) is 53.0 Å². The molecule has 10 heteroatoms. The van der Waals surface area contributed by atoms with Gasteiger partial charge in [-0.3, -0.25) is 13.9 Å². The predicted octanol–water partition coefficient (Wildman–Crippen LogP) is 3.69. The average molecular weight is 542 g/mol. The average Bonchev–Trinajstić information content (AvgIpc) is 2.69. The third kappa shape index (κ3) is 8.12. The Morgan fingerprint density at radius 1 is 1.06 bits per heavy atom. The number of nitrogens with one attached hydrogen (secondary N) is 1. The SMILES string of the molecule is C[C@@H](C(=O)NC(C)(C)C)N(Cc1ccc(F)cc1)C(=O)CN(c1ccc(Br)cc1)S(C)(=O)=O. The Balaban J connectivity index is 2.38. The largest absolute Gasteiger partial charge is 0.350 e. The van der Waals surface area contributed by atoms with Crippen LogP contribution in [0.25, 0.3) is 0 Å². The molecule has 0 spiro atoms. The van der Waals surface area contributed by atoms with Gasteiger partial charge >= 0.3 is 0 Å². The third-order valence-corrected chi connectivity index (χ3v) is 6.39. The van der Waals surface area contributed by atoms with Gasteiger partial charge in [0, 0.05) is 16.6 Å². The fraction of sp³-hybridized carbons (Fsp3) is 0.391. The molecule has 180 valence electrons. The van der Waals surface area contributed by atoms with Crippen molar-refractivity contribution >= 4 is 43.5 Å². The molecule has 7 nitrogen and oxygen atoms in total. The van der Waals surface area contributed by atoms with Gasteiger partial charge in [-0.25, -0.2) is 12.8 Å². The number of amides is 2. The van der Waals surface area contributed by atoms with E-state index in [4.69, 9.17) is 0 Å². The number of carbonyl (C=O) groups excluding carboxylic acids is 2. The zero-order valence-corrected chi connectivity index (χ0v) is 21.7. The van der Waals surface area contributed by atoms with Crippen molar-refractivity contribution in [3.8, 4) is 0 Å². The number of sulfonamides is 1. The second-order valence-electron chi connectivity index (χ2n) is 8.81. The van der Waals surface area contributed by atoms with Crippen molar-refractivity contribution in [1.29, 1.82) is 0 Å². The molecule has 0 aliphatic heterocycles. The smallest absolute Gasteiger partial charge is 0.244 e. The van der Waals surface area contributed by atoms with E-state index in [1.165, 1.54) is 29.2 Å². The van der Waals surface area contributed by atoms with Gasteiger partial charge in [0.2, 0.25) is 21.8 Å². The summed E-state index contributed by atoms with van der Waals surface area (Å²) in [6, 6.07) is 11.2. The first kappa shape index (κ1) is 26.8. The molecule has 0 aromatic heterocycles. The van der Waals surface area contributed by atoms with Crippen LogP contribution in [-0.2, 0) is 26.2 Å². The van der Waals surface area contributed by atoms with E-state index in [0.717, 1.165) is 15.0 Å². The lowest BCUT2D eigenvalue weighted by atomic mass is 10.1. The molecule has 0 aliphatic carbocycles. The summed E-state index contributed by atoms with van der Waals surface area (Å²) < 4.78 is 40.1.